The fourth-order valence-corrected chi connectivity index (χ4v) is 6.88. The maximum atomic E-state index is 14.6. The predicted molar refractivity (Wildman–Crippen MR) is 167 cm³/mol. The van der Waals surface area contributed by atoms with Crippen molar-refractivity contribution in [3.8, 4) is 22.6 Å². The molecule has 0 saturated carbocycles. The van der Waals surface area contributed by atoms with Crippen molar-refractivity contribution >= 4 is 16.7 Å². The number of aromatic amines is 1. The molecule has 1 amide bonds. The number of hydrogen-bond donors (Lipinski definition) is 1. The molecule has 47 heavy (non-hydrogen) atoms. The molecule has 0 aliphatic carbocycles. The molecule has 0 bridgehead atoms. The van der Waals surface area contributed by atoms with Gasteiger partial charge in [0, 0.05) is 36.2 Å². The zero-order valence-corrected chi connectivity index (χ0v) is 24.9. The van der Waals surface area contributed by atoms with Crippen LogP contribution in [0.4, 0.5) is 13.2 Å². The number of amides is 1. The van der Waals surface area contributed by atoms with Gasteiger partial charge in [-0.25, -0.2) is 23.1 Å². The molecule has 1 saturated heterocycles. The zero-order valence-electron chi connectivity index (χ0n) is 24.9. The minimum atomic E-state index is -0.745. The summed E-state index contributed by atoms with van der Waals surface area (Å²) in [6.07, 6.45) is 4.36. The molecule has 2 aliphatic rings. The van der Waals surface area contributed by atoms with Gasteiger partial charge < -0.3 is 9.32 Å². The number of pyridine rings is 2. The molecule has 5 heterocycles. The minimum Gasteiger partial charge on any atom is -0.388 e. The molecule has 8 rings (SSSR count). The maximum Gasteiger partial charge on any atom is 0.434 e. The number of fused-ring (bicyclic) bond motifs is 4. The van der Waals surface area contributed by atoms with E-state index in [-0.39, 0.29) is 30.1 Å². The lowest BCUT2D eigenvalue weighted by molar-refractivity contribution is 0.0776. The summed E-state index contributed by atoms with van der Waals surface area (Å²) in [5.41, 5.74) is 5.21. The van der Waals surface area contributed by atoms with Crippen LogP contribution in [0, 0.1) is 17.5 Å². The number of nitrogens with one attached hydrogen (secondary N) is 1. The highest BCUT2D eigenvalue weighted by atomic mass is 19.1. The Balaban J connectivity index is 1.31. The fraction of sp³-hybridized carbons (Fsp3) is 0.194. The van der Waals surface area contributed by atoms with Gasteiger partial charge in [-0.2, -0.15) is 0 Å². The van der Waals surface area contributed by atoms with E-state index in [9.17, 15) is 22.8 Å². The largest absolute Gasteiger partial charge is 0.434 e. The first kappa shape index (κ1) is 28.9. The Bertz CT molecular complexity index is 2260. The average molecular weight is 634 g/mol. The zero-order chi connectivity index (χ0) is 32.2. The van der Waals surface area contributed by atoms with Crippen molar-refractivity contribution in [2.75, 3.05) is 6.54 Å². The smallest absolute Gasteiger partial charge is 0.388 e. The number of rotatable bonds is 7. The fourth-order valence-electron chi connectivity index (χ4n) is 6.88. The molecule has 0 unspecified atom stereocenters. The Morgan fingerprint density at radius 3 is 2.49 bits per heavy atom. The number of halogens is 3. The summed E-state index contributed by atoms with van der Waals surface area (Å²) < 4.78 is 47.2. The van der Waals surface area contributed by atoms with Crippen molar-refractivity contribution in [1.82, 2.24) is 25.1 Å². The Morgan fingerprint density at radius 2 is 1.70 bits per heavy atom. The number of aromatic nitrogens is 4. The third kappa shape index (κ3) is 5.08. The molecule has 0 radical (unpaired) electrons. The molecular formula is C36H26F3N5O3. The molecule has 1 fully saturated rings. The molecule has 3 aromatic heterocycles. The van der Waals surface area contributed by atoms with Crippen LogP contribution in [0.1, 0.15) is 57.5 Å². The number of carbonyl (C=O) groups is 1. The van der Waals surface area contributed by atoms with Gasteiger partial charge >= 0.3 is 5.76 Å². The molecule has 1 N–H and O–H groups in total. The van der Waals surface area contributed by atoms with Crippen LogP contribution in [0.5, 0.6) is 0 Å². The lowest BCUT2D eigenvalue weighted by Crippen LogP contribution is -2.23. The van der Waals surface area contributed by atoms with Crippen LogP contribution < -0.4 is 5.76 Å². The SMILES string of the molecule is O=C1c2c(nc(CCc3ccc(F)cc3)c(-c3n[nH]c(=O)o3)c2-c2ccc3c(Cc4ccc(F)cc4F)nccc3c2)[C@H]2CCCN12. The van der Waals surface area contributed by atoms with E-state index in [4.69, 9.17) is 9.40 Å². The second-order valence-electron chi connectivity index (χ2n) is 11.9. The normalized spacial score (nSPS) is 15.4. The molecule has 1 atom stereocenters. The number of benzene rings is 3. The van der Waals surface area contributed by atoms with Gasteiger partial charge in [-0.05, 0) is 78.1 Å². The van der Waals surface area contributed by atoms with E-state index in [1.807, 2.05) is 29.2 Å². The van der Waals surface area contributed by atoms with Crippen LogP contribution in [-0.2, 0) is 19.3 Å². The first-order chi connectivity index (χ1) is 22.8. The van der Waals surface area contributed by atoms with Crippen molar-refractivity contribution in [2.24, 2.45) is 0 Å². The van der Waals surface area contributed by atoms with Gasteiger partial charge in [0.15, 0.2) is 0 Å². The summed E-state index contributed by atoms with van der Waals surface area (Å²) in [6.45, 7) is 0.615. The van der Waals surface area contributed by atoms with Gasteiger partial charge in [0.2, 0.25) is 0 Å². The van der Waals surface area contributed by atoms with Gasteiger partial charge in [0.05, 0.1) is 34.3 Å². The van der Waals surface area contributed by atoms with E-state index in [2.05, 4.69) is 15.2 Å². The molecule has 11 heteroatoms. The van der Waals surface area contributed by atoms with Crippen LogP contribution in [0.25, 0.3) is 33.4 Å². The van der Waals surface area contributed by atoms with Crippen LogP contribution in [0.3, 0.4) is 0 Å². The Morgan fingerprint density at radius 1 is 0.872 bits per heavy atom. The first-order valence-corrected chi connectivity index (χ1v) is 15.3. The highest BCUT2D eigenvalue weighted by molar-refractivity contribution is 6.09. The standard InChI is InChI=1S/C36H26F3N5O3/c37-23-8-3-19(4-9-23)5-12-27-31(34-42-43-36(46)47-34)30(32-33(41-27)29-2-1-15-44(29)35(32)45)22-7-11-25-20(16-22)13-14-40-28(25)17-21-6-10-24(38)18-26(21)39/h3-4,6-11,13-14,16,18,29H,1-2,5,12,15,17H2,(H,43,46)/t29-/m1/s1. The summed E-state index contributed by atoms with van der Waals surface area (Å²) in [5, 5.41) is 8.06. The molecule has 0 spiro atoms. The number of nitrogens with zero attached hydrogens (tertiary/aromatic N) is 4. The number of aryl methyl sites for hydroxylation is 2. The summed E-state index contributed by atoms with van der Waals surface area (Å²) >= 11 is 0. The molecule has 3 aromatic carbocycles. The summed E-state index contributed by atoms with van der Waals surface area (Å²) in [5.74, 6) is -2.51. The Hall–Kier alpha value is -5.58. The van der Waals surface area contributed by atoms with Gasteiger partial charge in [-0.3, -0.25) is 14.8 Å². The van der Waals surface area contributed by atoms with Crippen molar-refractivity contribution in [3.63, 3.8) is 0 Å². The number of carbonyl (C=O) groups excluding carboxylic acids is 1. The molecule has 8 nitrogen and oxygen atoms in total. The van der Waals surface area contributed by atoms with E-state index in [1.165, 1.54) is 24.3 Å². The third-order valence-corrected chi connectivity index (χ3v) is 9.07. The number of hydrogen-bond acceptors (Lipinski definition) is 6. The highest BCUT2D eigenvalue weighted by Crippen LogP contribution is 2.48. The monoisotopic (exact) mass is 633 g/mol. The number of H-pyrrole nitrogens is 1. The van der Waals surface area contributed by atoms with Crippen molar-refractivity contribution in [2.45, 2.75) is 38.1 Å². The van der Waals surface area contributed by atoms with Crippen molar-refractivity contribution < 1.29 is 22.4 Å². The topological polar surface area (TPSA) is 105 Å². The lowest BCUT2D eigenvalue weighted by Gasteiger charge is -2.18. The Labute approximate surface area is 265 Å². The summed E-state index contributed by atoms with van der Waals surface area (Å²) in [4.78, 5) is 37.6. The second-order valence-corrected chi connectivity index (χ2v) is 11.9. The van der Waals surface area contributed by atoms with Crippen LogP contribution in [0.15, 0.2) is 82.1 Å². The quantitative estimate of drug-likeness (QED) is 0.209. The van der Waals surface area contributed by atoms with Crippen molar-refractivity contribution in [1.29, 1.82) is 0 Å². The molecule has 6 aromatic rings. The minimum absolute atomic E-state index is 0.0107. The van der Waals surface area contributed by atoms with E-state index < -0.39 is 17.4 Å². The first-order valence-electron chi connectivity index (χ1n) is 15.3. The predicted octanol–water partition coefficient (Wildman–Crippen LogP) is 6.72. The van der Waals surface area contributed by atoms with E-state index in [0.29, 0.717) is 64.3 Å². The summed E-state index contributed by atoms with van der Waals surface area (Å²) in [6, 6.07) is 17.0. The third-order valence-electron chi connectivity index (χ3n) is 9.07. The van der Waals surface area contributed by atoms with Crippen LogP contribution in [-0.4, -0.2) is 37.5 Å². The highest BCUT2D eigenvalue weighted by Gasteiger charge is 2.44. The average Bonchev–Trinajstić information content (AvgIpc) is 3.79. The second kappa shape index (κ2) is 11.3. The van der Waals surface area contributed by atoms with Crippen LogP contribution in [0.2, 0.25) is 0 Å². The maximum absolute atomic E-state index is 14.6. The van der Waals surface area contributed by atoms with Gasteiger partial charge in [-0.15, -0.1) is 5.10 Å². The molecule has 2 aliphatic heterocycles. The summed E-state index contributed by atoms with van der Waals surface area (Å²) in [7, 11) is 0. The lowest BCUT2D eigenvalue weighted by atomic mass is 9.88. The van der Waals surface area contributed by atoms with E-state index in [1.54, 1.807) is 18.3 Å². The van der Waals surface area contributed by atoms with E-state index >= 15 is 0 Å². The van der Waals surface area contributed by atoms with E-state index in [0.717, 1.165) is 35.2 Å². The van der Waals surface area contributed by atoms with Gasteiger partial charge in [0.25, 0.3) is 11.8 Å². The van der Waals surface area contributed by atoms with Gasteiger partial charge in [0.1, 0.15) is 17.5 Å². The molecular weight excluding hydrogens is 607 g/mol. The van der Waals surface area contributed by atoms with Crippen LogP contribution >= 0.6 is 0 Å². The van der Waals surface area contributed by atoms with Crippen molar-refractivity contribution in [3.05, 3.63) is 135 Å². The molecule has 234 valence electrons. The Kier molecular flexibility index (Phi) is 6.96. The van der Waals surface area contributed by atoms with Gasteiger partial charge in [-0.1, -0.05) is 30.3 Å².